The van der Waals surface area contributed by atoms with Crippen LogP contribution in [0.25, 0.3) is 0 Å². The van der Waals surface area contributed by atoms with Crippen LogP contribution in [0.2, 0.25) is 0 Å². The molecular formula is C22H34OS. The van der Waals surface area contributed by atoms with E-state index in [4.69, 9.17) is 4.74 Å². The molecule has 24 heavy (non-hydrogen) atoms. The van der Waals surface area contributed by atoms with Crippen molar-refractivity contribution in [2.45, 2.75) is 99.9 Å². The quantitative estimate of drug-likeness (QED) is 0.387. The number of benzene rings is 1. The topological polar surface area (TPSA) is 9.23 Å². The molecule has 1 aromatic carbocycles. The fourth-order valence-corrected chi connectivity index (χ4v) is 4.94. The monoisotopic (exact) mass is 346 g/mol. The Morgan fingerprint density at radius 3 is 2.04 bits per heavy atom. The summed E-state index contributed by atoms with van der Waals surface area (Å²) in [6, 6.07) is 8.91. The van der Waals surface area contributed by atoms with Gasteiger partial charge in [0.05, 0.1) is 5.60 Å². The normalized spacial score (nSPS) is 29.1. The fourth-order valence-electron chi connectivity index (χ4n) is 4.79. The average molecular weight is 347 g/mol. The minimum Gasteiger partial charge on any atom is -0.375 e. The van der Waals surface area contributed by atoms with Gasteiger partial charge in [-0.15, -0.1) is 12.6 Å². The molecule has 134 valence electrons. The van der Waals surface area contributed by atoms with Gasteiger partial charge >= 0.3 is 0 Å². The molecule has 0 radical (unpaired) electrons. The number of fused-ring (bicyclic) bond motifs is 3. The molecule has 0 aliphatic heterocycles. The molecule has 0 N–H and O–H groups in total. The zero-order valence-electron chi connectivity index (χ0n) is 15.4. The van der Waals surface area contributed by atoms with Crippen LogP contribution in [0.4, 0.5) is 0 Å². The largest absolute Gasteiger partial charge is 0.375 e. The van der Waals surface area contributed by atoms with Crippen LogP contribution in [0.1, 0.15) is 89.5 Å². The summed E-state index contributed by atoms with van der Waals surface area (Å²) in [5.74, 6) is 0. The molecule has 3 aliphatic carbocycles. The third kappa shape index (κ3) is 4.19. The molecule has 1 nitrogen and oxygen atoms in total. The van der Waals surface area contributed by atoms with E-state index < -0.39 is 0 Å². The molecule has 0 unspecified atom stereocenters. The van der Waals surface area contributed by atoms with E-state index in [0.29, 0.717) is 5.41 Å². The van der Waals surface area contributed by atoms with Gasteiger partial charge in [0.1, 0.15) is 0 Å². The Morgan fingerprint density at radius 2 is 1.42 bits per heavy atom. The summed E-state index contributed by atoms with van der Waals surface area (Å²) in [6.07, 6.45) is 15.8. The van der Waals surface area contributed by atoms with Crippen LogP contribution in [-0.4, -0.2) is 12.2 Å². The molecule has 1 aromatic rings. The number of ether oxygens (including phenoxy) is 1. The highest BCUT2D eigenvalue weighted by Crippen LogP contribution is 2.55. The lowest BCUT2D eigenvalue weighted by atomic mass is 9.56. The van der Waals surface area contributed by atoms with Crippen LogP contribution in [0.15, 0.2) is 29.2 Å². The molecule has 4 rings (SSSR count). The Balaban J connectivity index is 1.45. The Bertz CT molecular complexity index is 483. The molecule has 2 bridgehead atoms. The maximum absolute atomic E-state index is 6.45. The lowest BCUT2D eigenvalue weighted by Gasteiger charge is -2.53. The van der Waals surface area contributed by atoms with Gasteiger partial charge in [-0.3, -0.25) is 0 Å². The van der Waals surface area contributed by atoms with Crippen molar-refractivity contribution in [2.24, 2.45) is 0 Å². The van der Waals surface area contributed by atoms with Crippen LogP contribution in [0, 0.1) is 0 Å². The van der Waals surface area contributed by atoms with Crippen LogP contribution in [0.3, 0.4) is 0 Å². The maximum atomic E-state index is 6.45. The first-order chi connectivity index (χ1) is 11.7. The van der Waals surface area contributed by atoms with E-state index in [-0.39, 0.29) is 5.60 Å². The van der Waals surface area contributed by atoms with Crippen LogP contribution in [-0.2, 0) is 10.2 Å². The van der Waals surface area contributed by atoms with Gasteiger partial charge in [0.15, 0.2) is 0 Å². The van der Waals surface area contributed by atoms with E-state index in [1.165, 1.54) is 82.6 Å². The van der Waals surface area contributed by atoms with Crippen molar-refractivity contribution < 1.29 is 4.74 Å². The second-order valence-corrected chi connectivity index (χ2v) is 8.64. The summed E-state index contributed by atoms with van der Waals surface area (Å²) >= 11 is 4.43. The van der Waals surface area contributed by atoms with E-state index >= 15 is 0 Å². The SMILES string of the molecule is CCCCCCCCOC12CCC(c3ccc(S)cc3)(CC1)CC2. The first-order valence-electron chi connectivity index (χ1n) is 10.1. The molecule has 0 amide bonds. The minimum atomic E-state index is 0.217. The highest BCUT2D eigenvalue weighted by Gasteiger charge is 2.49. The summed E-state index contributed by atoms with van der Waals surface area (Å²) in [4.78, 5) is 1.07. The summed E-state index contributed by atoms with van der Waals surface area (Å²) in [5.41, 5.74) is 2.17. The third-order valence-corrected chi connectivity index (χ3v) is 6.86. The molecule has 0 aromatic heterocycles. The predicted octanol–water partition coefficient (Wildman–Crippen LogP) is 6.70. The van der Waals surface area contributed by atoms with Crippen molar-refractivity contribution in [3.05, 3.63) is 29.8 Å². The van der Waals surface area contributed by atoms with E-state index in [1.807, 2.05) is 0 Å². The summed E-state index contributed by atoms with van der Waals surface area (Å²) in [7, 11) is 0. The van der Waals surface area contributed by atoms with E-state index in [1.54, 1.807) is 0 Å². The van der Waals surface area contributed by atoms with E-state index in [0.717, 1.165) is 11.5 Å². The lowest BCUT2D eigenvalue weighted by molar-refractivity contribution is -0.119. The molecule has 0 atom stereocenters. The Morgan fingerprint density at radius 1 is 0.833 bits per heavy atom. The second-order valence-electron chi connectivity index (χ2n) is 8.13. The second kappa shape index (κ2) is 8.27. The number of unbranched alkanes of at least 4 members (excludes halogenated alkanes) is 5. The molecule has 3 saturated carbocycles. The smallest absolute Gasteiger partial charge is 0.0683 e. The number of rotatable bonds is 9. The fraction of sp³-hybridized carbons (Fsp3) is 0.727. The lowest BCUT2D eigenvalue weighted by Crippen LogP contribution is -2.49. The first-order valence-corrected chi connectivity index (χ1v) is 10.6. The van der Waals surface area contributed by atoms with Crippen LogP contribution < -0.4 is 0 Å². The molecule has 0 heterocycles. The minimum absolute atomic E-state index is 0.217. The van der Waals surface area contributed by atoms with Gasteiger partial charge in [0.25, 0.3) is 0 Å². The molecule has 0 spiro atoms. The Hall–Kier alpha value is -0.470. The molecule has 3 fully saturated rings. The van der Waals surface area contributed by atoms with Gasteiger partial charge in [-0.05, 0) is 68.1 Å². The number of hydrogen-bond donors (Lipinski definition) is 1. The van der Waals surface area contributed by atoms with Crippen molar-refractivity contribution in [3.8, 4) is 0 Å². The average Bonchev–Trinajstić information content (AvgIpc) is 2.63. The van der Waals surface area contributed by atoms with Crippen molar-refractivity contribution in [3.63, 3.8) is 0 Å². The predicted molar refractivity (Wildman–Crippen MR) is 105 cm³/mol. The van der Waals surface area contributed by atoms with Crippen LogP contribution in [0.5, 0.6) is 0 Å². The highest BCUT2D eigenvalue weighted by atomic mass is 32.1. The van der Waals surface area contributed by atoms with Crippen molar-refractivity contribution >= 4 is 12.6 Å². The van der Waals surface area contributed by atoms with Gasteiger partial charge in [-0.25, -0.2) is 0 Å². The first kappa shape index (κ1) is 18.3. The van der Waals surface area contributed by atoms with E-state index in [2.05, 4.69) is 43.8 Å². The van der Waals surface area contributed by atoms with Gasteiger partial charge in [0, 0.05) is 11.5 Å². The Kier molecular flexibility index (Phi) is 6.32. The van der Waals surface area contributed by atoms with E-state index in [9.17, 15) is 0 Å². The molecule has 0 saturated heterocycles. The molecular weight excluding hydrogens is 312 g/mol. The molecule has 2 heteroatoms. The van der Waals surface area contributed by atoms with Gasteiger partial charge < -0.3 is 4.74 Å². The summed E-state index contributed by atoms with van der Waals surface area (Å²) in [6.45, 7) is 3.26. The maximum Gasteiger partial charge on any atom is 0.0683 e. The van der Waals surface area contributed by atoms with Gasteiger partial charge in [-0.2, -0.15) is 0 Å². The van der Waals surface area contributed by atoms with Crippen LogP contribution >= 0.6 is 12.6 Å². The zero-order valence-corrected chi connectivity index (χ0v) is 16.3. The van der Waals surface area contributed by atoms with Gasteiger partial charge in [-0.1, -0.05) is 51.2 Å². The number of thiol groups is 1. The standard InChI is InChI=1S/C22H34OS/c1-2-3-4-5-6-7-18-23-22-15-12-21(13-16-22,14-17-22)19-8-10-20(24)11-9-19/h8-11,24H,2-7,12-18H2,1H3. The van der Waals surface area contributed by atoms with Gasteiger partial charge in [0.2, 0.25) is 0 Å². The summed E-state index contributed by atoms with van der Waals surface area (Å²) in [5, 5.41) is 0. The van der Waals surface area contributed by atoms with Crippen molar-refractivity contribution in [1.29, 1.82) is 0 Å². The number of hydrogen-bond acceptors (Lipinski definition) is 2. The zero-order chi connectivity index (χ0) is 16.9. The third-order valence-electron chi connectivity index (χ3n) is 6.56. The molecule has 3 aliphatic rings. The highest BCUT2D eigenvalue weighted by molar-refractivity contribution is 7.80. The summed E-state index contributed by atoms with van der Waals surface area (Å²) < 4.78 is 6.45. The van der Waals surface area contributed by atoms with Crippen molar-refractivity contribution in [1.82, 2.24) is 0 Å². The Labute approximate surface area is 154 Å². The van der Waals surface area contributed by atoms with Crippen molar-refractivity contribution in [2.75, 3.05) is 6.61 Å².